The molecule has 8 heteroatoms. The van der Waals surface area contributed by atoms with Gasteiger partial charge in [-0.1, -0.05) is 30.3 Å². The van der Waals surface area contributed by atoms with Crippen LogP contribution in [0.15, 0.2) is 59.5 Å². The summed E-state index contributed by atoms with van der Waals surface area (Å²) in [6.07, 6.45) is 0.264. The van der Waals surface area contributed by atoms with Gasteiger partial charge in [0.25, 0.3) is 0 Å². The van der Waals surface area contributed by atoms with Crippen molar-refractivity contribution >= 4 is 19.9 Å². The van der Waals surface area contributed by atoms with Gasteiger partial charge in [0.05, 0.1) is 15.9 Å². The van der Waals surface area contributed by atoms with Crippen LogP contribution in [-0.2, 0) is 25.6 Å². The van der Waals surface area contributed by atoms with Crippen molar-refractivity contribution in [3.63, 3.8) is 0 Å². The van der Waals surface area contributed by atoms with Crippen molar-refractivity contribution in [3.8, 4) is 0 Å². The van der Waals surface area contributed by atoms with Gasteiger partial charge in [-0.15, -0.1) is 0 Å². The fourth-order valence-corrected chi connectivity index (χ4v) is 6.28. The van der Waals surface area contributed by atoms with E-state index < -0.39 is 30.9 Å². The number of hydrogen-bond donors (Lipinski definition) is 0. The van der Waals surface area contributed by atoms with Crippen molar-refractivity contribution in [2.45, 2.75) is 22.3 Å². The monoisotopic (exact) mass is 383 g/mol. The van der Waals surface area contributed by atoms with Gasteiger partial charge in [-0.2, -0.15) is 0 Å². The lowest BCUT2D eigenvalue weighted by molar-refractivity contribution is 0.475. The maximum atomic E-state index is 12.9. The summed E-state index contributed by atoms with van der Waals surface area (Å²) in [7, 11) is -7.22. The van der Waals surface area contributed by atoms with Crippen LogP contribution < -0.4 is 0 Å². The minimum Gasteiger partial charge on any atom is -0.223 e. The lowest BCUT2D eigenvalue weighted by Crippen LogP contribution is -2.32. The number of rotatable bonds is 5. The van der Waals surface area contributed by atoms with E-state index in [1.807, 2.05) is 0 Å². The Kier molecular flexibility index (Phi) is 4.95. The van der Waals surface area contributed by atoms with Gasteiger partial charge >= 0.3 is 0 Å². The molecular weight excluding hydrogens is 365 g/mol. The molecule has 0 aliphatic carbocycles. The highest BCUT2D eigenvalue weighted by molar-refractivity contribution is 7.92. The smallest absolute Gasteiger partial charge is 0.218 e. The standard InChI is InChI=1S/C17H18FNO4S2/c18-15-8-6-14(7-9-15)13-24(20,21)19-11-10-17(12-19)25(22,23)16-4-2-1-3-5-16/h1-9,17H,10-13H2. The molecule has 1 atom stereocenters. The second kappa shape index (κ2) is 6.86. The van der Waals surface area contributed by atoms with Crippen LogP contribution in [-0.4, -0.2) is 39.5 Å². The maximum Gasteiger partial charge on any atom is 0.218 e. The van der Waals surface area contributed by atoms with Crippen LogP contribution >= 0.6 is 0 Å². The maximum absolute atomic E-state index is 12.9. The van der Waals surface area contributed by atoms with Crippen LogP contribution in [0, 0.1) is 5.82 Å². The van der Waals surface area contributed by atoms with Crippen molar-refractivity contribution in [3.05, 3.63) is 66.0 Å². The van der Waals surface area contributed by atoms with Gasteiger partial charge < -0.3 is 0 Å². The van der Waals surface area contributed by atoms with E-state index in [4.69, 9.17) is 0 Å². The Morgan fingerprint density at radius 3 is 2.24 bits per heavy atom. The molecule has 0 amide bonds. The summed E-state index contributed by atoms with van der Waals surface area (Å²) in [6, 6.07) is 13.3. The van der Waals surface area contributed by atoms with E-state index >= 15 is 0 Å². The first kappa shape index (κ1) is 18.0. The molecule has 1 heterocycles. The van der Waals surface area contributed by atoms with Crippen molar-refractivity contribution < 1.29 is 21.2 Å². The first-order valence-electron chi connectivity index (χ1n) is 7.80. The summed E-state index contributed by atoms with van der Waals surface area (Å²) in [5, 5.41) is -0.752. The number of halogens is 1. The molecular formula is C17H18FNO4S2. The molecule has 2 aromatic carbocycles. The summed E-state index contributed by atoms with van der Waals surface area (Å²) in [5.74, 6) is -0.706. The van der Waals surface area contributed by atoms with Crippen molar-refractivity contribution in [2.75, 3.05) is 13.1 Å². The summed E-state index contributed by atoms with van der Waals surface area (Å²) in [4.78, 5) is 0.206. The zero-order valence-electron chi connectivity index (χ0n) is 13.4. The van der Waals surface area contributed by atoms with Gasteiger partial charge in [0.15, 0.2) is 9.84 Å². The third-order valence-corrected chi connectivity index (χ3v) is 8.28. The molecule has 0 spiro atoms. The number of sulfone groups is 1. The first-order chi connectivity index (χ1) is 11.8. The Morgan fingerprint density at radius 1 is 0.960 bits per heavy atom. The highest BCUT2D eigenvalue weighted by Gasteiger charge is 2.38. The minimum atomic E-state index is -3.65. The zero-order chi connectivity index (χ0) is 18.1. The second-order valence-electron chi connectivity index (χ2n) is 6.01. The van der Waals surface area contributed by atoms with Crippen molar-refractivity contribution in [2.24, 2.45) is 0 Å². The fraction of sp³-hybridized carbons (Fsp3) is 0.294. The van der Waals surface area contributed by atoms with E-state index in [1.165, 1.54) is 40.7 Å². The second-order valence-corrected chi connectivity index (χ2v) is 10.2. The zero-order valence-corrected chi connectivity index (χ0v) is 15.0. The molecule has 0 saturated carbocycles. The molecule has 0 bridgehead atoms. The van der Waals surface area contributed by atoms with E-state index in [1.54, 1.807) is 18.2 Å². The summed E-state index contributed by atoms with van der Waals surface area (Å²) < 4.78 is 64.5. The molecule has 134 valence electrons. The van der Waals surface area contributed by atoms with E-state index in [9.17, 15) is 21.2 Å². The van der Waals surface area contributed by atoms with Crippen LogP contribution in [0.25, 0.3) is 0 Å². The lowest BCUT2D eigenvalue weighted by atomic mass is 10.2. The SMILES string of the molecule is O=S(=O)(c1ccccc1)C1CCN(S(=O)(=O)Cc2ccc(F)cc2)C1. The number of hydrogen-bond acceptors (Lipinski definition) is 4. The Morgan fingerprint density at radius 2 is 1.60 bits per heavy atom. The number of benzene rings is 2. The van der Waals surface area contributed by atoms with Crippen LogP contribution in [0.4, 0.5) is 4.39 Å². The number of sulfonamides is 1. The average molecular weight is 383 g/mol. The summed E-state index contributed by atoms with van der Waals surface area (Å²) in [5.41, 5.74) is 0.468. The van der Waals surface area contributed by atoms with Crippen LogP contribution in [0.1, 0.15) is 12.0 Å². The molecule has 25 heavy (non-hydrogen) atoms. The highest BCUT2D eigenvalue weighted by atomic mass is 32.2. The van der Waals surface area contributed by atoms with Gasteiger partial charge in [-0.3, -0.25) is 0 Å². The predicted octanol–water partition coefficient (Wildman–Crippen LogP) is 2.20. The van der Waals surface area contributed by atoms with E-state index in [0.29, 0.717) is 5.56 Å². The largest absolute Gasteiger partial charge is 0.223 e. The van der Waals surface area contributed by atoms with Gasteiger partial charge in [-0.25, -0.2) is 25.5 Å². The highest BCUT2D eigenvalue weighted by Crippen LogP contribution is 2.26. The predicted molar refractivity (Wildman–Crippen MR) is 92.6 cm³/mol. The Bertz CT molecular complexity index is 942. The molecule has 0 radical (unpaired) electrons. The van der Waals surface area contributed by atoms with Crippen LogP contribution in [0.2, 0.25) is 0 Å². The topological polar surface area (TPSA) is 71.5 Å². The molecule has 1 fully saturated rings. The molecule has 1 saturated heterocycles. The molecule has 0 N–H and O–H groups in total. The van der Waals surface area contributed by atoms with E-state index in [0.717, 1.165) is 0 Å². The molecule has 1 aliphatic rings. The van der Waals surface area contributed by atoms with Gasteiger partial charge in [0, 0.05) is 13.1 Å². The third-order valence-electron chi connectivity index (χ3n) is 4.27. The molecule has 1 aliphatic heterocycles. The molecule has 3 rings (SSSR count). The quantitative estimate of drug-likeness (QED) is 0.794. The normalized spacial score (nSPS) is 19.2. The fourth-order valence-electron chi connectivity index (χ4n) is 2.89. The van der Waals surface area contributed by atoms with Gasteiger partial charge in [-0.05, 0) is 36.2 Å². The Labute approximate surface area is 147 Å². The third kappa shape index (κ3) is 3.91. The first-order valence-corrected chi connectivity index (χ1v) is 11.0. The molecule has 2 aromatic rings. The van der Waals surface area contributed by atoms with E-state index in [2.05, 4.69) is 0 Å². The van der Waals surface area contributed by atoms with E-state index in [-0.39, 0.29) is 30.2 Å². The van der Waals surface area contributed by atoms with Gasteiger partial charge in [0.2, 0.25) is 10.0 Å². The van der Waals surface area contributed by atoms with Gasteiger partial charge in [0.1, 0.15) is 5.82 Å². The average Bonchev–Trinajstić information content (AvgIpc) is 3.09. The Hall–Kier alpha value is -1.77. The summed E-state index contributed by atoms with van der Waals surface area (Å²) >= 11 is 0. The number of nitrogens with zero attached hydrogens (tertiary/aromatic N) is 1. The van der Waals surface area contributed by atoms with Crippen LogP contribution in [0.3, 0.4) is 0 Å². The van der Waals surface area contributed by atoms with Crippen molar-refractivity contribution in [1.29, 1.82) is 0 Å². The van der Waals surface area contributed by atoms with Crippen LogP contribution in [0.5, 0.6) is 0 Å². The molecule has 1 unspecified atom stereocenters. The Balaban J connectivity index is 1.74. The molecule has 0 aromatic heterocycles. The lowest BCUT2D eigenvalue weighted by Gasteiger charge is -2.17. The van der Waals surface area contributed by atoms with Crippen molar-refractivity contribution in [1.82, 2.24) is 4.31 Å². The minimum absolute atomic E-state index is 0.0548. The molecule has 5 nitrogen and oxygen atoms in total. The summed E-state index contributed by atoms with van der Waals surface area (Å²) in [6.45, 7) is 0.112.